The fourth-order valence-electron chi connectivity index (χ4n) is 5.10. The smallest absolute Gasteiger partial charge is 0.0643 e. The van der Waals surface area contributed by atoms with Crippen LogP contribution in [0.2, 0.25) is 0 Å². The first-order valence-electron chi connectivity index (χ1n) is 11.7. The molecule has 2 nitrogen and oxygen atoms in total. The van der Waals surface area contributed by atoms with Gasteiger partial charge >= 0.3 is 0 Å². The summed E-state index contributed by atoms with van der Waals surface area (Å²) >= 11 is 3.77. The molecule has 4 heteroatoms. The molecule has 1 unspecified atom stereocenters. The maximum atomic E-state index is 2.62. The third-order valence-corrected chi connectivity index (χ3v) is 8.81. The second-order valence-electron chi connectivity index (χ2n) is 9.00. The molecule has 1 atom stereocenters. The van der Waals surface area contributed by atoms with E-state index in [1.165, 1.54) is 75.0 Å². The monoisotopic (exact) mass is 460 g/mol. The largest absolute Gasteiger partial charge is 0.339 e. The Balaban J connectivity index is 1.61. The Kier molecular flexibility index (Phi) is 6.54. The van der Waals surface area contributed by atoms with Gasteiger partial charge in [-0.05, 0) is 75.9 Å². The number of para-hydroxylation sites is 1. The fourth-order valence-corrected chi connectivity index (χ4v) is 6.83. The molecule has 2 heterocycles. The summed E-state index contributed by atoms with van der Waals surface area (Å²) in [5, 5.41) is 0. The van der Waals surface area contributed by atoms with Crippen molar-refractivity contribution in [2.75, 3.05) is 31.3 Å². The number of rotatable bonds is 5. The van der Waals surface area contributed by atoms with Gasteiger partial charge in [-0.1, -0.05) is 60.1 Å². The fraction of sp³-hybridized carbons (Fsp3) is 0.357. The second kappa shape index (κ2) is 9.54. The molecule has 0 aliphatic carbocycles. The van der Waals surface area contributed by atoms with Crippen LogP contribution >= 0.6 is 23.5 Å². The lowest BCUT2D eigenvalue weighted by Crippen LogP contribution is -2.38. The summed E-state index contributed by atoms with van der Waals surface area (Å²) in [6.07, 6.45) is 7.43. The Morgan fingerprint density at radius 2 is 1.78 bits per heavy atom. The van der Waals surface area contributed by atoms with E-state index in [0.29, 0.717) is 6.04 Å². The Hall–Kier alpha value is -1.88. The van der Waals surface area contributed by atoms with Crippen molar-refractivity contribution >= 4 is 34.9 Å². The van der Waals surface area contributed by atoms with Crippen molar-refractivity contribution in [3.63, 3.8) is 0 Å². The van der Waals surface area contributed by atoms with E-state index in [-0.39, 0.29) is 0 Å². The topological polar surface area (TPSA) is 6.48 Å². The SMILES string of the molecule is CSc1ccc2c(c1-c1ccc(C)cc1)N(CCC1CCCCN1C)c1ccccc1S2. The third kappa shape index (κ3) is 4.21. The van der Waals surface area contributed by atoms with E-state index in [1.807, 2.05) is 23.5 Å². The van der Waals surface area contributed by atoms with Crippen LogP contribution < -0.4 is 4.90 Å². The van der Waals surface area contributed by atoms with Gasteiger partial charge in [-0.3, -0.25) is 0 Å². The lowest BCUT2D eigenvalue weighted by molar-refractivity contribution is 0.178. The number of nitrogens with zero attached hydrogens (tertiary/aromatic N) is 2. The van der Waals surface area contributed by atoms with Crippen molar-refractivity contribution in [3.8, 4) is 11.1 Å². The first-order valence-corrected chi connectivity index (χ1v) is 13.7. The van der Waals surface area contributed by atoms with Crippen LogP contribution in [0.5, 0.6) is 0 Å². The van der Waals surface area contributed by atoms with Crippen LogP contribution in [-0.4, -0.2) is 37.3 Å². The zero-order valence-electron chi connectivity index (χ0n) is 19.3. The molecule has 0 aromatic heterocycles. The number of hydrogen-bond acceptors (Lipinski definition) is 4. The molecule has 2 aliphatic heterocycles. The lowest BCUT2D eigenvalue weighted by Gasteiger charge is -2.38. The molecular formula is C28H32N2S2. The van der Waals surface area contributed by atoms with Gasteiger partial charge in [-0.25, -0.2) is 0 Å². The maximum absolute atomic E-state index is 2.62. The Bertz CT molecular complexity index is 1090. The van der Waals surface area contributed by atoms with Gasteiger partial charge in [-0.2, -0.15) is 0 Å². The predicted octanol–water partition coefficient (Wildman–Crippen LogP) is 7.86. The predicted molar refractivity (Wildman–Crippen MR) is 141 cm³/mol. The molecular weight excluding hydrogens is 428 g/mol. The lowest BCUT2D eigenvalue weighted by atomic mass is 9.98. The summed E-state index contributed by atoms with van der Waals surface area (Å²) in [6.45, 7) is 4.45. The molecule has 1 fully saturated rings. The molecule has 3 aromatic rings. The summed E-state index contributed by atoms with van der Waals surface area (Å²) in [4.78, 5) is 9.29. The highest BCUT2D eigenvalue weighted by Crippen LogP contribution is 2.53. The molecule has 3 aromatic carbocycles. The minimum absolute atomic E-state index is 0.681. The number of anilines is 2. The van der Waals surface area contributed by atoms with Gasteiger partial charge in [0.25, 0.3) is 0 Å². The highest BCUT2D eigenvalue weighted by molar-refractivity contribution is 8.00. The van der Waals surface area contributed by atoms with Crippen LogP contribution in [0.3, 0.4) is 0 Å². The van der Waals surface area contributed by atoms with E-state index in [2.05, 4.69) is 90.7 Å². The highest BCUT2D eigenvalue weighted by atomic mass is 32.2. The van der Waals surface area contributed by atoms with E-state index in [4.69, 9.17) is 0 Å². The summed E-state index contributed by atoms with van der Waals surface area (Å²) in [6, 6.07) is 23.3. The van der Waals surface area contributed by atoms with Crippen molar-refractivity contribution in [2.45, 2.75) is 53.3 Å². The summed E-state index contributed by atoms with van der Waals surface area (Å²) in [5.41, 5.74) is 6.75. The van der Waals surface area contributed by atoms with Crippen LogP contribution in [0.4, 0.5) is 11.4 Å². The average molecular weight is 461 g/mol. The Labute approximate surface area is 201 Å². The molecule has 5 rings (SSSR count). The molecule has 2 aliphatic rings. The molecule has 0 bridgehead atoms. The quantitative estimate of drug-likeness (QED) is 0.357. The second-order valence-corrected chi connectivity index (χ2v) is 10.9. The first kappa shape index (κ1) is 21.9. The van der Waals surface area contributed by atoms with E-state index < -0.39 is 0 Å². The van der Waals surface area contributed by atoms with Gasteiger partial charge in [0, 0.05) is 32.8 Å². The minimum Gasteiger partial charge on any atom is -0.339 e. The maximum Gasteiger partial charge on any atom is 0.0643 e. The number of thioether (sulfide) groups is 1. The van der Waals surface area contributed by atoms with Gasteiger partial charge < -0.3 is 9.80 Å². The van der Waals surface area contributed by atoms with Crippen molar-refractivity contribution in [2.24, 2.45) is 0 Å². The molecule has 0 saturated carbocycles. The van der Waals surface area contributed by atoms with Crippen molar-refractivity contribution in [1.82, 2.24) is 4.90 Å². The van der Waals surface area contributed by atoms with Crippen molar-refractivity contribution in [1.29, 1.82) is 0 Å². The molecule has 0 amide bonds. The minimum atomic E-state index is 0.681. The van der Waals surface area contributed by atoms with E-state index >= 15 is 0 Å². The van der Waals surface area contributed by atoms with Crippen LogP contribution in [0, 0.1) is 6.92 Å². The van der Waals surface area contributed by atoms with Gasteiger partial charge in [0.15, 0.2) is 0 Å². The van der Waals surface area contributed by atoms with E-state index in [0.717, 1.165) is 6.54 Å². The molecule has 166 valence electrons. The Morgan fingerprint density at radius 1 is 0.969 bits per heavy atom. The zero-order valence-corrected chi connectivity index (χ0v) is 20.9. The molecule has 0 N–H and O–H groups in total. The zero-order chi connectivity index (χ0) is 22.1. The van der Waals surface area contributed by atoms with Crippen LogP contribution in [0.1, 0.15) is 31.2 Å². The highest BCUT2D eigenvalue weighted by Gasteiger charge is 2.29. The van der Waals surface area contributed by atoms with Gasteiger partial charge in [-0.15, -0.1) is 11.8 Å². The molecule has 1 saturated heterocycles. The van der Waals surface area contributed by atoms with Crippen molar-refractivity contribution < 1.29 is 0 Å². The van der Waals surface area contributed by atoms with Crippen LogP contribution in [-0.2, 0) is 0 Å². The number of aryl methyl sites for hydroxylation is 1. The normalized spacial score (nSPS) is 18.3. The number of piperidine rings is 1. The third-order valence-electron chi connectivity index (χ3n) is 6.92. The molecule has 0 radical (unpaired) electrons. The van der Waals surface area contributed by atoms with Crippen LogP contribution in [0.15, 0.2) is 75.4 Å². The standard InChI is InChI=1S/C28H32N2S2/c1-20-11-13-21(14-12-20)27-25(31-3)15-16-26-28(27)30(23-9-4-5-10-24(23)32-26)19-17-22-8-6-7-18-29(22)2/h4-5,9-16,22H,6-8,17-19H2,1-3H3. The average Bonchev–Trinajstić information content (AvgIpc) is 2.82. The van der Waals surface area contributed by atoms with Gasteiger partial charge in [0.1, 0.15) is 0 Å². The Morgan fingerprint density at radius 3 is 2.56 bits per heavy atom. The first-order chi connectivity index (χ1) is 15.7. The van der Waals surface area contributed by atoms with E-state index in [1.54, 1.807) is 0 Å². The number of hydrogen-bond donors (Lipinski definition) is 0. The van der Waals surface area contributed by atoms with Crippen molar-refractivity contribution in [3.05, 3.63) is 66.2 Å². The number of likely N-dealkylation sites (tertiary alicyclic amines) is 1. The van der Waals surface area contributed by atoms with Gasteiger partial charge in [0.05, 0.1) is 11.4 Å². The molecule has 32 heavy (non-hydrogen) atoms. The summed E-state index contributed by atoms with van der Waals surface area (Å²) < 4.78 is 0. The van der Waals surface area contributed by atoms with Crippen LogP contribution in [0.25, 0.3) is 11.1 Å². The summed E-state index contributed by atoms with van der Waals surface area (Å²) in [7, 11) is 2.31. The number of benzene rings is 3. The van der Waals surface area contributed by atoms with E-state index in [9.17, 15) is 0 Å². The summed E-state index contributed by atoms with van der Waals surface area (Å²) in [5.74, 6) is 0. The van der Waals surface area contributed by atoms with Gasteiger partial charge in [0.2, 0.25) is 0 Å². The number of fused-ring (bicyclic) bond motifs is 2. The molecule has 0 spiro atoms.